The van der Waals surface area contributed by atoms with Crippen LogP contribution in [0, 0.1) is 0 Å². The zero-order chi connectivity index (χ0) is 32.4. The van der Waals surface area contributed by atoms with Gasteiger partial charge in [0.25, 0.3) is 0 Å². The maximum atomic E-state index is 13.9. The fraction of sp³-hybridized carbons (Fsp3) is 0.273. The number of aromatic nitrogens is 1. The minimum atomic E-state index is -4.74. The van der Waals surface area contributed by atoms with E-state index in [0.29, 0.717) is 22.4 Å². The number of benzene rings is 3. The number of hydrogen-bond acceptors (Lipinski definition) is 3. The van der Waals surface area contributed by atoms with Crippen molar-refractivity contribution in [2.24, 2.45) is 0 Å². The van der Waals surface area contributed by atoms with Gasteiger partial charge in [0, 0.05) is 18.0 Å². The number of pyridine rings is 1. The van der Waals surface area contributed by atoms with E-state index >= 15 is 0 Å². The van der Waals surface area contributed by atoms with Crippen molar-refractivity contribution in [3.8, 4) is 28.0 Å². The molecule has 1 amide bonds. The Hall–Kier alpha value is -4.54. The molecule has 0 saturated carbocycles. The summed E-state index contributed by atoms with van der Waals surface area (Å²) in [6.45, 7) is 4.74. The number of methoxy groups -OCH3 is 1. The zero-order valence-electron chi connectivity index (χ0n) is 24.3. The van der Waals surface area contributed by atoms with Crippen LogP contribution in [-0.2, 0) is 18.9 Å². The molecule has 4 rings (SSSR count). The Labute approximate surface area is 250 Å². The van der Waals surface area contributed by atoms with Gasteiger partial charge in [-0.1, -0.05) is 26.0 Å². The topological polar surface area (TPSA) is 62.7 Å². The van der Waals surface area contributed by atoms with Crippen LogP contribution in [0.2, 0.25) is 0 Å². The SMILES string of the molecule is COc1ccc(C(C)C)cc1-c1ccc(C(F)(F)F)cc1CN(C(=O)O)C(C)c1cc(-c2ccncc2)cc(C(F)(F)F)c1. The number of amides is 1. The normalized spacial score (nSPS) is 12.7. The van der Waals surface area contributed by atoms with Crippen LogP contribution in [0.3, 0.4) is 0 Å². The van der Waals surface area contributed by atoms with Crippen molar-refractivity contribution in [3.63, 3.8) is 0 Å². The summed E-state index contributed by atoms with van der Waals surface area (Å²) in [4.78, 5) is 17.3. The molecular weight excluding hydrogens is 586 g/mol. The van der Waals surface area contributed by atoms with Gasteiger partial charge in [-0.15, -0.1) is 0 Å². The molecule has 4 aromatic rings. The smallest absolute Gasteiger partial charge is 0.416 e. The molecule has 0 radical (unpaired) electrons. The molecule has 0 aliphatic heterocycles. The summed E-state index contributed by atoms with van der Waals surface area (Å²) in [5.41, 5.74) is 0.292. The zero-order valence-corrected chi connectivity index (χ0v) is 24.3. The largest absolute Gasteiger partial charge is 0.496 e. The number of carbonyl (C=O) groups is 1. The Morgan fingerprint density at radius 3 is 2.02 bits per heavy atom. The van der Waals surface area contributed by atoms with Gasteiger partial charge in [-0.05, 0) is 101 Å². The molecule has 0 aliphatic carbocycles. The van der Waals surface area contributed by atoms with Gasteiger partial charge in [-0.2, -0.15) is 26.3 Å². The van der Waals surface area contributed by atoms with E-state index in [1.54, 1.807) is 12.1 Å². The lowest BCUT2D eigenvalue weighted by atomic mass is 9.92. The van der Waals surface area contributed by atoms with Crippen molar-refractivity contribution in [1.82, 2.24) is 9.88 Å². The molecular formula is C33H30F6N2O3. The third-order valence-corrected chi connectivity index (χ3v) is 7.45. The molecule has 232 valence electrons. The number of halogens is 6. The molecule has 1 N–H and O–H groups in total. The predicted molar refractivity (Wildman–Crippen MR) is 154 cm³/mol. The average molecular weight is 617 g/mol. The summed E-state index contributed by atoms with van der Waals surface area (Å²) < 4.78 is 88.8. The van der Waals surface area contributed by atoms with Crippen molar-refractivity contribution < 1.29 is 41.0 Å². The first kappa shape index (κ1) is 32.4. The highest BCUT2D eigenvalue weighted by Gasteiger charge is 2.34. The van der Waals surface area contributed by atoms with Crippen molar-refractivity contribution in [2.45, 2.75) is 51.6 Å². The molecule has 1 aromatic heterocycles. The average Bonchev–Trinajstić information content (AvgIpc) is 2.98. The molecule has 11 heteroatoms. The van der Waals surface area contributed by atoms with E-state index in [1.165, 1.54) is 50.7 Å². The van der Waals surface area contributed by atoms with E-state index in [2.05, 4.69) is 4.98 Å². The van der Waals surface area contributed by atoms with Gasteiger partial charge in [-0.25, -0.2) is 4.79 Å². The number of carboxylic acid groups (broad SMARTS) is 1. The molecule has 0 saturated heterocycles. The van der Waals surface area contributed by atoms with Gasteiger partial charge in [-0.3, -0.25) is 9.88 Å². The number of ether oxygens (including phenoxy) is 1. The number of hydrogen-bond donors (Lipinski definition) is 1. The van der Waals surface area contributed by atoms with E-state index in [1.807, 2.05) is 19.9 Å². The third-order valence-electron chi connectivity index (χ3n) is 7.45. The Morgan fingerprint density at radius 1 is 0.795 bits per heavy atom. The van der Waals surface area contributed by atoms with Crippen LogP contribution in [0.25, 0.3) is 22.3 Å². The van der Waals surface area contributed by atoms with Gasteiger partial charge in [0.05, 0.1) is 30.8 Å². The maximum absolute atomic E-state index is 13.9. The van der Waals surface area contributed by atoms with Gasteiger partial charge < -0.3 is 9.84 Å². The van der Waals surface area contributed by atoms with E-state index < -0.39 is 42.2 Å². The summed E-state index contributed by atoms with van der Waals surface area (Å²) >= 11 is 0. The summed E-state index contributed by atoms with van der Waals surface area (Å²) in [6, 6.07) is 13.4. The van der Waals surface area contributed by atoms with Gasteiger partial charge in [0.1, 0.15) is 5.75 Å². The number of nitrogens with zero attached hydrogens (tertiary/aromatic N) is 2. The van der Waals surface area contributed by atoms with E-state index in [9.17, 15) is 36.2 Å². The highest BCUT2D eigenvalue weighted by Crippen LogP contribution is 2.40. The predicted octanol–water partition coefficient (Wildman–Crippen LogP) is 9.83. The molecule has 5 nitrogen and oxygen atoms in total. The molecule has 1 heterocycles. The quantitative estimate of drug-likeness (QED) is 0.200. The van der Waals surface area contributed by atoms with Crippen molar-refractivity contribution in [3.05, 3.63) is 107 Å². The molecule has 0 bridgehead atoms. The minimum Gasteiger partial charge on any atom is -0.496 e. The van der Waals surface area contributed by atoms with Gasteiger partial charge in [0.15, 0.2) is 0 Å². The maximum Gasteiger partial charge on any atom is 0.416 e. The number of alkyl halides is 6. The van der Waals surface area contributed by atoms with Crippen LogP contribution in [0.4, 0.5) is 31.1 Å². The first-order chi connectivity index (χ1) is 20.6. The lowest BCUT2D eigenvalue weighted by Gasteiger charge is -2.29. The van der Waals surface area contributed by atoms with E-state index in [0.717, 1.165) is 34.7 Å². The highest BCUT2D eigenvalue weighted by atomic mass is 19.4. The van der Waals surface area contributed by atoms with Crippen molar-refractivity contribution in [1.29, 1.82) is 0 Å². The molecule has 1 atom stereocenters. The minimum absolute atomic E-state index is 0.00890. The first-order valence-electron chi connectivity index (χ1n) is 13.6. The van der Waals surface area contributed by atoms with Gasteiger partial charge >= 0.3 is 18.4 Å². The Balaban J connectivity index is 1.87. The fourth-order valence-electron chi connectivity index (χ4n) is 4.96. The molecule has 0 aliphatic rings. The van der Waals surface area contributed by atoms with Crippen LogP contribution in [-0.4, -0.2) is 28.2 Å². The van der Waals surface area contributed by atoms with Crippen LogP contribution in [0.1, 0.15) is 60.5 Å². The fourth-order valence-corrected chi connectivity index (χ4v) is 4.96. The Morgan fingerprint density at radius 2 is 1.45 bits per heavy atom. The molecule has 0 fully saturated rings. The lowest BCUT2D eigenvalue weighted by molar-refractivity contribution is -0.138. The van der Waals surface area contributed by atoms with Crippen LogP contribution in [0.15, 0.2) is 79.1 Å². The van der Waals surface area contributed by atoms with Gasteiger partial charge in [0.2, 0.25) is 0 Å². The second kappa shape index (κ2) is 12.6. The van der Waals surface area contributed by atoms with Crippen LogP contribution in [0.5, 0.6) is 5.75 Å². The van der Waals surface area contributed by atoms with Crippen LogP contribution >= 0.6 is 0 Å². The second-order valence-electron chi connectivity index (χ2n) is 10.6. The second-order valence-corrected chi connectivity index (χ2v) is 10.6. The molecule has 0 spiro atoms. The monoisotopic (exact) mass is 616 g/mol. The lowest BCUT2D eigenvalue weighted by Crippen LogP contribution is -2.32. The highest BCUT2D eigenvalue weighted by molar-refractivity contribution is 5.76. The Bertz CT molecular complexity index is 1640. The molecule has 44 heavy (non-hydrogen) atoms. The third kappa shape index (κ3) is 7.15. The van der Waals surface area contributed by atoms with Crippen LogP contribution < -0.4 is 4.74 Å². The first-order valence-corrected chi connectivity index (χ1v) is 13.6. The summed E-state index contributed by atoms with van der Waals surface area (Å²) in [7, 11) is 1.41. The standard InChI is InChI=1S/C33H30F6N2O3/c1-19(2)22-5-8-30(44-4)29(17-22)28-7-6-26(32(34,35)36)16-25(28)18-41(31(42)43)20(3)23-13-24(21-9-11-40-12-10-21)15-27(14-23)33(37,38)39/h5-17,19-20H,18H2,1-4H3,(H,42,43). The molecule has 1 unspecified atom stereocenters. The Kier molecular flexibility index (Phi) is 9.27. The summed E-state index contributed by atoms with van der Waals surface area (Å²) in [5.74, 6) is 0.439. The van der Waals surface area contributed by atoms with Crippen molar-refractivity contribution in [2.75, 3.05) is 7.11 Å². The summed E-state index contributed by atoms with van der Waals surface area (Å²) in [5, 5.41) is 10.2. The molecule has 3 aromatic carbocycles. The van der Waals surface area contributed by atoms with E-state index in [-0.39, 0.29) is 22.6 Å². The van der Waals surface area contributed by atoms with E-state index in [4.69, 9.17) is 4.74 Å². The summed E-state index contributed by atoms with van der Waals surface area (Å²) in [6.07, 6.45) is -8.15. The number of rotatable bonds is 8. The van der Waals surface area contributed by atoms with Crippen molar-refractivity contribution >= 4 is 6.09 Å².